The van der Waals surface area contributed by atoms with Gasteiger partial charge >= 0.3 is 0 Å². The van der Waals surface area contributed by atoms with Gasteiger partial charge in [-0.1, -0.05) is 54.8 Å². The molecular weight excluding hydrogens is 456 g/mol. The van der Waals surface area contributed by atoms with Crippen LogP contribution in [0.1, 0.15) is 42.4 Å². The quantitative estimate of drug-likeness (QED) is 0.423. The number of amides is 2. The number of methoxy groups -OCH3 is 1. The van der Waals surface area contributed by atoms with Crippen LogP contribution in [0.5, 0.6) is 0 Å². The summed E-state index contributed by atoms with van der Waals surface area (Å²) in [6, 6.07) is 15.1. The number of fused-ring (bicyclic) bond motifs is 1. The molecule has 1 aliphatic rings. The highest BCUT2D eigenvalue weighted by molar-refractivity contribution is 5.86. The van der Waals surface area contributed by atoms with Crippen molar-refractivity contribution in [1.82, 2.24) is 9.80 Å². The van der Waals surface area contributed by atoms with Crippen LogP contribution in [0.2, 0.25) is 0 Å². The third kappa shape index (κ3) is 6.21. The van der Waals surface area contributed by atoms with E-state index in [-0.39, 0.29) is 36.3 Å². The van der Waals surface area contributed by atoms with Crippen LogP contribution in [-0.4, -0.2) is 48.4 Å². The predicted molar refractivity (Wildman–Crippen MR) is 138 cm³/mol. The van der Waals surface area contributed by atoms with E-state index in [4.69, 9.17) is 9.15 Å². The number of benzene rings is 2. The number of aryl methyl sites for hydroxylation is 1. The molecule has 190 valence electrons. The first-order valence-electron chi connectivity index (χ1n) is 12.6. The van der Waals surface area contributed by atoms with Gasteiger partial charge in [0.2, 0.25) is 11.8 Å². The van der Waals surface area contributed by atoms with E-state index in [0.29, 0.717) is 36.2 Å². The molecule has 0 radical (unpaired) electrons. The summed E-state index contributed by atoms with van der Waals surface area (Å²) in [5.41, 5.74) is 2.68. The minimum atomic E-state index is -0.218. The Morgan fingerprint density at radius 2 is 1.78 bits per heavy atom. The summed E-state index contributed by atoms with van der Waals surface area (Å²) in [6.07, 6.45) is 5.25. The van der Waals surface area contributed by atoms with Crippen molar-refractivity contribution in [1.29, 1.82) is 0 Å². The highest BCUT2D eigenvalue weighted by Gasteiger charge is 2.29. The van der Waals surface area contributed by atoms with Crippen LogP contribution in [0, 0.1) is 12.8 Å². The van der Waals surface area contributed by atoms with Gasteiger partial charge in [0.05, 0.1) is 36.9 Å². The number of hydrogen-bond donors (Lipinski definition) is 0. The molecule has 1 fully saturated rings. The maximum absolute atomic E-state index is 13.6. The smallest absolute Gasteiger partial charge is 0.242 e. The van der Waals surface area contributed by atoms with Crippen LogP contribution < -0.4 is 5.43 Å². The lowest BCUT2D eigenvalue weighted by Crippen LogP contribution is -2.45. The molecule has 1 saturated carbocycles. The first kappa shape index (κ1) is 25.6. The number of carbonyl (C=O) groups is 2. The fourth-order valence-electron chi connectivity index (χ4n) is 4.80. The average molecular weight is 491 g/mol. The topological polar surface area (TPSA) is 80.1 Å². The van der Waals surface area contributed by atoms with E-state index >= 15 is 0 Å². The zero-order valence-electron chi connectivity index (χ0n) is 21.1. The molecule has 2 amide bonds. The fraction of sp³-hybridized carbons (Fsp3) is 0.414. The second-order valence-electron chi connectivity index (χ2n) is 9.56. The van der Waals surface area contributed by atoms with Crippen molar-refractivity contribution in [2.75, 3.05) is 26.8 Å². The van der Waals surface area contributed by atoms with Gasteiger partial charge in [0.1, 0.15) is 5.58 Å². The molecule has 0 saturated heterocycles. The van der Waals surface area contributed by atoms with Crippen molar-refractivity contribution in [3.8, 4) is 0 Å². The molecule has 0 N–H and O–H groups in total. The standard InChI is InChI=1S/C29H34N2O5/c1-21-12-13-26-25(16-21)28(33)24(20-36-26)18-31(17-22-8-4-3-5-9-22)27(32)19-30(14-15-35-2)29(34)23-10-6-7-11-23/h3-5,8-9,12-13,16,20,23H,6-7,10-11,14-15,17-19H2,1-2H3. The van der Waals surface area contributed by atoms with Crippen molar-refractivity contribution < 1.29 is 18.7 Å². The molecule has 0 unspecified atom stereocenters. The van der Waals surface area contributed by atoms with Crippen LogP contribution in [0.25, 0.3) is 11.0 Å². The van der Waals surface area contributed by atoms with Crippen LogP contribution in [0.3, 0.4) is 0 Å². The van der Waals surface area contributed by atoms with E-state index in [2.05, 4.69) is 0 Å². The zero-order valence-corrected chi connectivity index (χ0v) is 21.1. The Kier molecular flexibility index (Phi) is 8.54. The van der Waals surface area contributed by atoms with Gasteiger partial charge in [-0.15, -0.1) is 0 Å². The molecule has 0 aliphatic heterocycles. The second-order valence-corrected chi connectivity index (χ2v) is 9.56. The highest BCUT2D eigenvalue weighted by Crippen LogP contribution is 2.26. The first-order valence-corrected chi connectivity index (χ1v) is 12.6. The third-order valence-corrected chi connectivity index (χ3v) is 6.84. The summed E-state index contributed by atoms with van der Waals surface area (Å²) in [6.45, 7) is 3.00. The Bertz CT molecular complexity index is 1250. The lowest BCUT2D eigenvalue weighted by molar-refractivity contribution is -0.144. The monoisotopic (exact) mass is 490 g/mol. The number of rotatable bonds is 10. The number of nitrogens with zero attached hydrogens (tertiary/aromatic N) is 2. The van der Waals surface area contributed by atoms with Gasteiger partial charge in [-0.25, -0.2) is 0 Å². The van der Waals surface area contributed by atoms with Crippen molar-refractivity contribution in [3.63, 3.8) is 0 Å². The Morgan fingerprint density at radius 1 is 1.03 bits per heavy atom. The maximum Gasteiger partial charge on any atom is 0.242 e. The summed E-state index contributed by atoms with van der Waals surface area (Å²) in [5.74, 6) is -0.240. The molecule has 36 heavy (non-hydrogen) atoms. The SMILES string of the molecule is COCCN(CC(=O)N(Cc1ccccc1)Cc1coc2ccc(C)cc2c1=O)C(=O)C1CCCC1. The molecule has 1 heterocycles. The average Bonchev–Trinajstić information content (AvgIpc) is 3.43. The minimum Gasteiger partial charge on any atom is -0.464 e. The summed E-state index contributed by atoms with van der Waals surface area (Å²) in [5, 5.41) is 0.498. The van der Waals surface area contributed by atoms with E-state index in [9.17, 15) is 14.4 Å². The van der Waals surface area contributed by atoms with Crippen molar-refractivity contribution in [2.45, 2.75) is 45.7 Å². The maximum atomic E-state index is 13.6. The molecule has 0 bridgehead atoms. The largest absolute Gasteiger partial charge is 0.464 e. The molecular formula is C29H34N2O5. The van der Waals surface area contributed by atoms with Crippen LogP contribution in [0.4, 0.5) is 0 Å². The van der Waals surface area contributed by atoms with Crippen molar-refractivity contribution in [3.05, 3.63) is 81.7 Å². The van der Waals surface area contributed by atoms with Gasteiger partial charge in [-0.3, -0.25) is 14.4 Å². The van der Waals surface area contributed by atoms with E-state index in [1.165, 1.54) is 6.26 Å². The summed E-state index contributed by atoms with van der Waals surface area (Å²) >= 11 is 0. The van der Waals surface area contributed by atoms with E-state index in [1.54, 1.807) is 29.0 Å². The molecule has 1 aromatic heterocycles. The molecule has 0 spiro atoms. The summed E-state index contributed by atoms with van der Waals surface area (Å²) in [7, 11) is 1.59. The molecule has 4 rings (SSSR count). The second kappa shape index (κ2) is 12.0. The number of carbonyl (C=O) groups excluding carboxylic acids is 2. The third-order valence-electron chi connectivity index (χ3n) is 6.84. The van der Waals surface area contributed by atoms with Crippen molar-refractivity contribution in [2.24, 2.45) is 5.92 Å². The fourth-order valence-corrected chi connectivity index (χ4v) is 4.80. The van der Waals surface area contributed by atoms with E-state index in [0.717, 1.165) is 36.8 Å². The van der Waals surface area contributed by atoms with Crippen LogP contribution >= 0.6 is 0 Å². The van der Waals surface area contributed by atoms with Crippen LogP contribution in [-0.2, 0) is 27.4 Å². The lowest BCUT2D eigenvalue weighted by atomic mass is 10.1. The van der Waals surface area contributed by atoms with Gasteiger partial charge in [0.25, 0.3) is 0 Å². The minimum absolute atomic E-state index is 0.0123. The summed E-state index contributed by atoms with van der Waals surface area (Å²) < 4.78 is 10.9. The van der Waals surface area contributed by atoms with Gasteiger partial charge in [0, 0.05) is 26.1 Å². The highest BCUT2D eigenvalue weighted by atomic mass is 16.5. The molecule has 1 aliphatic carbocycles. The Balaban J connectivity index is 1.60. The number of hydrogen-bond acceptors (Lipinski definition) is 5. The Hall–Kier alpha value is -3.45. The molecule has 7 nitrogen and oxygen atoms in total. The lowest BCUT2D eigenvalue weighted by Gasteiger charge is -2.29. The van der Waals surface area contributed by atoms with Crippen LogP contribution in [0.15, 0.2) is 64.0 Å². The van der Waals surface area contributed by atoms with Gasteiger partial charge < -0.3 is 19.0 Å². The zero-order chi connectivity index (χ0) is 25.5. The molecule has 0 atom stereocenters. The molecule has 7 heteroatoms. The Morgan fingerprint density at radius 3 is 2.50 bits per heavy atom. The Labute approximate surface area is 211 Å². The van der Waals surface area contributed by atoms with E-state index in [1.807, 2.05) is 43.3 Å². The molecule has 2 aromatic carbocycles. The molecule has 3 aromatic rings. The predicted octanol–water partition coefficient (Wildman–Crippen LogP) is 4.30. The first-order chi connectivity index (χ1) is 17.5. The normalized spacial score (nSPS) is 13.7. The van der Waals surface area contributed by atoms with Crippen molar-refractivity contribution >= 4 is 22.8 Å². The van der Waals surface area contributed by atoms with E-state index < -0.39 is 0 Å². The number of ether oxygens (including phenoxy) is 1. The van der Waals surface area contributed by atoms with Gasteiger partial charge in [-0.2, -0.15) is 0 Å². The van der Waals surface area contributed by atoms with Gasteiger partial charge in [0.15, 0.2) is 5.43 Å². The van der Waals surface area contributed by atoms with Gasteiger partial charge in [-0.05, 0) is 37.5 Å². The summed E-state index contributed by atoms with van der Waals surface area (Å²) in [4.78, 5) is 43.3.